The maximum atomic E-state index is 13.1. The molecule has 38 heavy (non-hydrogen) atoms. The normalized spacial score (nSPS) is 19.7. The Morgan fingerprint density at radius 3 is 2.47 bits per heavy atom. The van der Waals surface area contributed by atoms with Gasteiger partial charge in [-0.25, -0.2) is 0 Å². The highest BCUT2D eigenvalue weighted by Gasteiger charge is 2.47. The Bertz CT molecular complexity index is 1370. The SMILES string of the molecule is CCCOc1ccc2c(c1)C(c1ccc(OC)cc1CC[P+](C)=O)C(C(=O)O)C2c1ccc2c(c1)OCO2. The summed E-state index contributed by atoms with van der Waals surface area (Å²) in [4.78, 5) is 13.1. The first-order valence-electron chi connectivity index (χ1n) is 12.8. The van der Waals surface area contributed by atoms with Crippen molar-refractivity contribution in [3.8, 4) is 23.0 Å². The molecule has 3 aromatic rings. The molecule has 0 radical (unpaired) electrons. The number of rotatable bonds is 10. The minimum Gasteiger partial charge on any atom is -0.497 e. The molecule has 1 aliphatic heterocycles. The molecule has 7 nitrogen and oxygen atoms in total. The first kappa shape index (κ1) is 26.1. The maximum Gasteiger partial charge on any atom is 0.335 e. The molecule has 198 valence electrons. The summed E-state index contributed by atoms with van der Waals surface area (Å²) < 4.78 is 34.6. The van der Waals surface area contributed by atoms with Gasteiger partial charge in [-0.1, -0.05) is 29.7 Å². The zero-order valence-corrected chi connectivity index (χ0v) is 22.7. The molecule has 3 aromatic carbocycles. The second-order valence-electron chi connectivity index (χ2n) is 9.74. The average molecular weight is 536 g/mol. The summed E-state index contributed by atoms with van der Waals surface area (Å²) in [6.45, 7) is 4.49. The van der Waals surface area contributed by atoms with E-state index in [-0.39, 0.29) is 6.79 Å². The minimum atomic E-state index is -1.35. The largest absolute Gasteiger partial charge is 0.497 e. The van der Waals surface area contributed by atoms with E-state index in [2.05, 4.69) is 6.92 Å². The third-order valence-corrected chi connectivity index (χ3v) is 8.19. The fraction of sp³-hybridized carbons (Fsp3) is 0.367. The molecule has 2 aliphatic rings. The van der Waals surface area contributed by atoms with Gasteiger partial charge < -0.3 is 24.1 Å². The van der Waals surface area contributed by atoms with Gasteiger partial charge in [-0.3, -0.25) is 4.79 Å². The number of ether oxygens (including phenoxy) is 4. The third-order valence-electron chi connectivity index (χ3n) is 7.34. The van der Waals surface area contributed by atoms with Gasteiger partial charge in [0.2, 0.25) is 6.79 Å². The van der Waals surface area contributed by atoms with E-state index in [0.29, 0.717) is 36.4 Å². The third kappa shape index (κ3) is 4.95. The molecule has 4 atom stereocenters. The highest BCUT2D eigenvalue weighted by atomic mass is 31.1. The number of carboxylic acids is 1. The number of carbonyl (C=O) groups is 1. The molecule has 4 unspecified atom stereocenters. The van der Waals surface area contributed by atoms with Crippen molar-refractivity contribution in [2.45, 2.75) is 31.6 Å². The van der Waals surface area contributed by atoms with E-state index < -0.39 is 31.5 Å². The van der Waals surface area contributed by atoms with Gasteiger partial charge in [0, 0.05) is 18.3 Å². The summed E-state index contributed by atoms with van der Waals surface area (Å²) in [6.07, 6.45) is 1.95. The molecule has 0 saturated carbocycles. The van der Waals surface area contributed by atoms with Crippen LogP contribution in [0.15, 0.2) is 54.6 Å². The lowest BCUT2D eigenvalue weighted by Crippen LogP contribution is -2.24. The van der Waals surface area contributed by atoms with Crippen LogP contribution in [0.2, 0.25) is 0 Å². The Hall–Kier alpha value is -3.57. The van der Waals surface area contributed by atoms with Crippen LogP contribution in [0.4, 0.5) is 0 Å². The lowest BCUT2D eigenvalue weighted by molar-refractivity contribution is -0.142. The Balaban J connectivity index is 1.69. The van der Waals surface area contributed by atoms with E-state index in [0.717, 1.165) is 40.0 Å². The average Bonchev–Trinajstić information content (AvgIpc) is 3.52. The van der Waals surface area contributed by atoms with Crippen LogP contribution in [0.5, 0.6) is 23.0 Å². The smallest absolute Gasteiger partial charge is 0.335 e. The van der Waals surface area contributed by atoms with Gasteiger partial charge in [0.15, 0.2) is 11.5 Å². The number of fused-ring (bicyclic) bond motifs is 2. The predicted molar refractivity (Wildman–Crippen MR) is 145 cm³/mol. The Morgan fingerprint density at radius 1 is 0.974 bits per heavy atom. The number of hydrogen-bond donors (Lipinski definition) is 1. The van der Waals surface area contributed by atoms with E-state index in [1.807, 2.05) is 54.6 Å². The first-order chi connectivity index (χ1) is 18.4. The molecule has 1 N–H and O–H groups in total. The first-order valence-corrected chi connectivity index (χ1v) is 14.7. The quantitative estimate of drug-likeness (QED) is 0.310. The summed E-state index contributed by atoms with van der Waals surface area (Å²) in [5, 5.41) is 10.7. The number of benzene rings is 3. The molecular weight excluding hydrogens is 503 g/mol. The van der Waals surface area contributed by atoms with Crippen LogP contribution in [-0.2, 0) is 15.8 Å². The second-order valence-corrected chi connectivity index (χ2v) is 11.4. The van der Waals surface area contributed by atoms with Gasteiger partial charge in [-0.15, -0.1) is 0 Å². The van der Waals surface area contributed by atoms with Crippen LogP contribution in [0.1, 0.15) is 53.0 Å². The number of hydrogen-bond acceptors (Lipinski definition) is 6. The van der Waals surface area contributed by atoms with Crippen LogP contribution in [0.3, 0.4) is 0 Å². The van der Waals surface area contributed by atoms with E-state index in [1.54, 1.807) is 13.8 Å². The minimum absolute atomic E-state index is 0.151. The van der Waals surface area contributed by atoms with E-state index in [4.69, 9.17) is 18.9 Å². The Labute approximate surface area is 223 Å². The van der Waals surface area contributed by atoms with Gasteiger partial charge in [0.1, 0.15) is 24.3 Å². The molecule has 0 fully saturated rings. The summed E-state index contributed by atoms with van der Waals surface area (Å²) >= 11 is 0. The van der Waals surface area contributed by atoms with Crippen molar-refractivity contribution in [1.29, 1.82) is 0 Å². The molecule has 0 spiro atoms. The molecule has 1 heterocycles. The number of aryl methyl sites for hydroxylation is 1. The standard InChI is InChI=1S/C30H31O7P/c1-4-12-35-21-7-9-23-24(16-21)28(22-8-6-20(34-2)14-18(22)11-13-38(3)33)29(30(31)32)27(23)19-5-10-25-26(15-19)37-17-36-25/h5-10,14-16,27-29H,4,11-13,17H2,1-3H3/p+1. The van der Waals surface area contributed by atoms with Gasteiger partial charge in [0.05, 0.1) is 19.6 Å². The molecule has 8 heteroatoms. The van der Waals surface area contributed by atoms with Crippen molar-refractivity contribution in [2.24, 2.45) is 5.92 Å². The van der Waals surface area contributed by atoms with E-state index in [1.165, 1.54) is 0 Å². The van der Waals surface area contributed by atoms with Crippen LogP contribution in [-0.4, -0.2) is 44.4 Å². The van der Waals surface area contributed by atoms with Gasteiger partial charge >= 0.3 is 13.8 Å². The lowest BCUT2D eigenvalue weighted by atomic mass is 9.78. The van der Waals surface area contributed by atoms with Crippen molar-refractivity contribution >= 4 is 13.8 Å². The molecule has 1 aliphatic carbocycles. The van der Waals surface area contributed by atoms with Crippen molar-refractivity contribution in [1.82, 2.24) is 0 Å². The lowest BCUT2D eigenvalue weighted by Gasteiger charge is -2.25. The van der Waals surface area contributed by atoms with Crippen molar-refractivity contribution < 1.29 is 33.4 Å². The van der Waals surface area contributed by atoms with Crippen molar-refractivity contribution in [3.05, 3.63) is 82.4 Å². The summed E-state index contributed by atoms with van der Waals surface area (Å²) in [7, 11) is 0.257. The number of methoxy groups -OCH3 is 1. The summed E-state index contributed by atoms with van der Waals surface area (Å²) in [6, 6.07) is 17.4. The topological polar surface area (TPSA) is 91.3 Å². The molecule has 0 bridgehead atoms. The van der Waals surface area contributed by atoms with Crippen molar-refractivity contribution in [3.63, 3.8) is 0 Å². The van der Waals surface area contributed by atoms with Gasteiger partial charge in [0.25, 0.3) is 0 Å². The van der Waals surface area contributed by atoms with E-state index in [9.17, 15) is 14.5 Å². The number of carboxylic acid groups (broad SMARTS) is 1. The zero-order chi connectivity index (χ0) is 26.8. The second kappa shape index (κ2) is 11.0. The van der Waals surface area contributed by atoms with E-state index >= 15 is 0 Å². The van der Waals surface area contributed by atoms with Crippen LogP contribution in [0.25, 0.3) is 0 Å². The molecule has 0 aromatic heterocycles. The highest BCUT2D eigenvalue weighted by molar-refractivity contribution is 7.43. The Morgan fingerprint density at radius 2 is 1.74 bits per heavy atom. The van der Waals surface area contributed by atoms with Crippen LogP contribution >= 0.6 is 7.80 Å². The van der Waals surface area contributed by atoms with Gasteiger partial charge in [-0.05, 0) is 70.6 Å². The number of aliphatic carboxylic acids is 1. The van der Waals surface area contributed by atoms with Crippen molar-refractivity contribution in [2.75, 3.05) is 33.3 Å². The fourth-order valence-corrected chi connectivity index (χ4v) is 6.20. The Kier molecular flexibility index (Phi) is 7.57. The summed E-state index contributed by atoms with van der Waals surface area (Å²) in [5.41, 5.74) is 4.60. The van der Waals surface area contributed by atoms with Crippen LogP contribution < -0.4 is 18.9 Å². The highest BCUT2D eigenvalue weighted by Crippen LogP contribution is 2.55. The predicted octanol–water partition coefficient (Wildman–Crippen LogP) is 6.19. The van der Waals surface area contributed by atoms with Crippen LogP contribution in [0, 0.1) is 5.92 Å². The molecule has 0 amide bonds. The van der Waals surface area contributed by atoms with Gasteiger partial charge in [-0.2, -0.15) is 0 Å². The summed E-state index contributed by atoms with van der Waals surface area (Å²) in [5.74, 6) is 0.202. The maximum absolute atomic E-state index is 13.1. The zero-order valence-electron chi connectivity index (χ0n) is 21.8. The molecule has 0 saturated heterocycles. The fourth-order valence-electron chi connectivity index (χ4n) is 5.64. The molecular formula is C30H32O7P+. The molecule has 5 rings (SSSR count). The monoisotopic (exact) mass is 535 g/mol.